The minimum atomic E-state index is -0.270. The minimum Gasteiger partial charge on any atom is -0.447 e. The Morgan fingerprint density at radius 1 is 1.10 bits per heavy atom. The highest BCUT2D eigenvalue weighted by atomic mass is 19.1. The molecule has 0 aliphatic rings. The van der Waals surface area contributed by atoms with Crippen LogP contribution in [0.5, 0.6) is 0 Å². The molecular weight excluding hydrogens is 395 g/mol. The fourth-order valence-corrected chi connectivity index (χ4v) is 3.26. The molecule has 31 heavy (non-hydrogen) atoms. The Balaban J connectivity index is 1.75. The van der Waals surface area contributed by atoms with Gasteiger partial charge in [-0.15, -0.1) is 0 Å². The van der Waals surface area contributed by atoms with Crippen molar-refractivity contribution in [3.8, 4) is 0 Å². The summed E-state index contributed by atoms with van der Waals surface area (Å²) in [4.78, 5) is 20.7. The predicted octanol–water partition coefficient (Wildman–Crippen LogP) is 3.87. The molecule has 1 unspecified atom stereocenters. The maximum absolute atomic E-state index is 14.3. The Kier molecular flexibility index (Phi) is 7.92. The van der Waals surface area contributed by atoms with Crippen LogP contribution in [0.3, 0.4) is 0 Å². The molecule has 1 N–H and O–H groups in total. The van der Waals surface area contributed by atoms with Crippen LogP contribution in [0.4, 0.5) is 4.39 Å². The average Bonchev–Trinajstić information content (AvgIpc) is 3.23. The Hall–Kier alpha value is -3.03. The third-order valence-electron chi connectivity index (χ3n) is 5.13. The lowest BCUT2D eigenvalue weighted by Gasteiger charge is -2.28. The van der Waals surface area contributed by atoms with E-state index in [1.165, 1.54) is 12.3 Å². The first kappa shape index (κ1) is 22.7. The van der Waals surface area contributed by atoms with Gasteiger partial charge in [-0.3, -0.25) is 9.69 Å². The number of halogens is 1. The Bertz CT molecular complexity index is 974. The van der Waals surface area contributed by atoms with E-state index in [0.717, 1.165) is 12.1 Å². The summed E-state index contributed by atoms with van der Waals surface area (Å²) in [5.74, 6) is -0.105. The monoisotopic (exact) mass is 424 g/mol. The quantitative estimate of drug-likeness (QED) is 0.535. The zero-order chi connectivity index (χ0) is 22.2. The van der Waals surface area contributed by atoms with E-state index in [0.29, 0.717) is 31.1 Å². The molecule has 1 amide bonds. The number of oxazole rings is 1. The maximum Gasteiger partial charge on any atom is 0.273 e. The number of aromatic nitrogens is 1. The summed E-state index contributed by atoms with van der Waals surface area (Å²) in [5.41, 5.74) is 1.94. The van der Waals surface area contributed by atoms with Gasteiger partial charge in [-0.25, -0.2) is 9.37 Å². The van der Waals surface area contributed by atoms with Gasteiger partial charge in [0.1, 0.15) is 12.1 Å². The first-order valence-electron chi connectivity index (χ1n) is 10.3. The second-order valence-corrected chi connectivity index (χ2v) is 7.77. The van der Waals surface area contributed by atoms with E-state index in [1.807, 2.05) is 55.4 Å². The van der Waals surface area contributed by atoms with Crippen LogP contribution in [-0.2, 0) is 13.1 Å². The molecule has 164 valence electrons. The Morgan fingerprint density at radius 3 is 2.52 bits per heavy atom. The van der Waals surface area contributed by atoms with E-state index in [-0.39, 0.29) is 23.5 Å². The lowest BCUT2D eigenvalue weighted by atomic mass is 10.1. The van der Waals surface area contributed by atoms with Gasteiger partial charge >= 0.3 is 0 Å². The Morgan fingerprint density at radius 2 is 1.81 bits per heavy atom. The summed E-state index contributed by atoms with van der Waals surface area (Å²) < 4.78 is 19.9. The zero-order valence-electron chi connectivity index (χ0n) is 18.2. The highest BCUT2D eigenvalue weighted by molar-refractivity contribution is 5.91. The number of hydrogen-bond acceptors (Lipinski definition) is 5. The molecule has 2 aromatic carbocycles. The minimum absolute atomic E-state index is 0.00919. The molecule has 1 aromatic heterocycles. The summed E-state index contributed by atoms with van der Waals surface area (Å²) in [6, 6.07) is 16.7. The van der Waals surface area contributed by atoms with Gasteiger partial charge in [-0.2, -0.15) is 0 Å². The van der Waals surface area contributed by atoms with E-state index in [1.54, 1.807) is 12.1 Å². The molecule has 3 rings (SSSR count). The molecule has 6 nitrogen and oxygen atoms in total. The van der Waals surface area contributed by atoms with Crippen molar-refractivity contribution in [2.24, 2.45) is 0 Å². The number of carbonyl (C=O) groups excluding carboxylic acids is 1. The molecule has 0 radical (unpaired) electrons. The number of nitrogens with zero attached hydrogens (tertiary/aromatic N) is 3. The number of carbonyl (C=O) groups is 1. The SMILES string of the molecule is CC(c1ccccc1)N(Cc1nc(C(=O)NCCN(C)C)co1)Cc1ccccc1F. The molecule has 0 saturated carbocycles. The third-order valence-corrected chi connectivity index (χ3v) is 5.13. The molecule has 0 saturated heterocycles. The van der Waals surface area contributed by atoms with Crippen LogP contribution in [-0.4, -0.2) is 47.9 Å². The van der Waals surface area contributed by atoms with Crippen LogP contribution < -0.4 is 5.32 Å². The van der Waals surface area contributed by atoms with Gasteiger partial charge in [0.2, 0.25) is 5.89 Å². The second kappa shape index (κ2) is 10.8. The lowest BCUT2D eigenvalue weighted by molar-refractivity contribution is 0.0946. The van der Waals surface area contributed by atoms with Crippen molar-refractivity contribution in [1.29, 1.82) is 0 Å². The molecule has 7 heteroatoms. The topological polar surface area (TPSA) is 61.6 Å². The van der Waals surface area contributed by atoms with E-state index >= 15 is 0 Å². The highest BCUT2D eigenvalue weighted by Crippen LogP contribution is 2.25. The largest absolute Gasteiger partial charge is 0.447 e. The summed E-state index contributed by atoms with van der Waals surface area (Å²) in [6.45, 7) is 4.05. The van der Waals surface area contributed by atoms with Gasteiger partial charge in [0.25, 0.3) is 5.91 Å². The first-order chi connectivity index (χ1) is 14.9. The standard InChI is InChI=1S/C24H29FN4O2/c1-18(19-9-5-4-6-10-19)29(15-20-11-7-8-12-21(20)25)16-23-27-22(17-31-23)24(30)26-13-14-28(2)3/h4-12,17-18H,13-16H2,1-3H3,(H,26,30). The fourth-order valence-electron chi connectivity index (χ4n) is 3.26. The number of nitrogens with one attached hydrogen (secondary N) is 1. The van der Waals surface area contributed by atoms with Gasteiger partial charge in [0, 0.05) is 31.2 Å². The lowest BCUT2D eigenvalue weighted by Crippen LogP contribution is -2.31. The molecule has 0 aliphatic carbocycles. The van der Waals surface area contributed by atoms with Gasteiger partial charge in [0.05, 0.1) is 6.54 Å². The van der Waals surface area contributed by atoms with Crippen molar-refractivity contribution in [1.82, 2.24) is 20.1 Å². The predicted molar refractivity (Wildman–Crippen MR) is 118 cm³/mol. The van der Waals surface area contributed by atoms with Crippen LogP contribution in [0.15, 0.2) is 65.3 Å². The number of likely N-dealkylation sites (N-methyl/N-ethyl adjacent to an activating group) is 1. The van der Waals surface area contributed by atoms with Gasteiger partial charge in [0.15, 0.2) is 5.69 Å². The molecular formula is C24H29FN4O2. The van der Waals surface area contributed by atoms with Crippen LogP contribution in [0.1, 0.15) is 40.5 Å². The maximum atomic E-state index is 14.3. The van der Waals surface area contributed by atoms with E-state index in [2.05, 4.69) is 22.1 Å². The van der Waals surface area contributed by atoms with Gasteiger partial charge in [-0.05, 0) is 32.6 Å². The molecule has 0 spiro atoms. The molecule has 3 aromatic rings. The summed E-state index contributed by atoms with van der Waals surface area (Å²) in [5, 5.41) is 2.83. The van der Waals surface area contributed by atoms with E-state index < -0.39 is 0 Å². The van der Waals surface area contributed by atoms with Crippen molar-refractivity contribution < 1.29 is 13.6 Å². The number of rotatable bonds is 10. The van der Waals surface area contributed by atoms with Crippen molar-refractivity contribution in [2.45, 2.75) is 26.1 Å². The van der Waals surface area contributed by atoms with Crippen molar-refractivity contribution >= 4 is 5.91 Å². The van der Waals surface area contributed by atoms with Crippen molar-refractivity contribution in [3.63, 3.8) is 0 Å². The van der Waals surface area contributed by atoms with Crippen molar-refractivity contribution in [3.05, 3.63) is 89.4 Å². The highest BCUT2D eigenvalue weighted by Gasteiger charge is 2.21. The number of amides is 1. The van der Waals surface area contributed by atoms with E-state index in [4.69, 9.17) is 4.42 Å². The van der Waals surface area contributed by atoms with Crippen LogP contribution >= 0.6 is 0 Å². The summed E-state index contributed by atoms with van der Waals surface area (Å²) >= 11 is 0. The molecule has 0 aliphatic heterocycles. The van der Waals surface area contributed by atoms with Crippen LogP contribution in [0, 0.1) is 5.82 Å². The van der Waals surface area contributed by atoms with Crippen LogP contribution in [0.25, 0.3) is 0 Å². The summed E-state index contributed by atoms with van der Waals surface area (Å²) in [6.07, 6.45) is 1.37. The first-order valence-corrected chi connectivity index (χ1v) is 10.3. The molecule has 1 atom stereocenters. The molecule has 1 heterocycles. The van der Waals surface area contributed by atoms with E-state index in [9.17, 15) is 9.18 Å². The summed E-state index contributed by atoms with van der Waals surface area (Å²) in [7, 11) is 3.89. The van der Waals surface area contributed by atoms with Gasteiger partial charge in [-0.1, -0.05) is 48.5 Å². The van der Waals surface area contributed by atoms with Crippen molar-refractivity contribution in [2.75, 3.05) is 27.2 Å². The third kappa shape index (κ3) is 6.47. The smallest absolute Gasteiger partial charge is 0.273 e. The van der Waals surface area contributed by atoms with Gasteiger partial charge < -0.3 is 14.6 Å². The number of hydrogen-bond donors (Lipinski definition) is 1. The Labute approximate surface area is 182 Å². The zero-order valence-corrected chi connectivity index (χ0v) is 18.2. The second-order valence-electron chi connectivity index (χ2n) is 7.77. The molecule has 0 bridgehead atoms. The number of benzene rings is 2. The molecule has 0 fully saturated rings. The fraction of sp³-hybridized carbons (Fsp3) is 0.333. The average molecular weight is 425 g/mol. The normalized spacial score (nSPS) is 12.3. The van der Waals surface area contributed by atoms with Crippen LogP contribution in [0.2, 0.25) is 0 Å².